The van der Waals surface area contributed by atoms with Gasteiger partial charge in [-0.2, -0.15) is 4.31 Å². The molecule has 4 amide bonds. The average Bonchev–Trinajstić information content (AvgIpc) is 3.58. The Morgan fingerprint density at radius 2 is 1.74 bits per heavy atom. The standard InChI is InChI=1S/C24H25N5O5S/c30-22(26-17-7-9-18(10-8-17)35(33,34)28-11-3-4-12-28)15-29-23(31)21(27-24(29)32)13-16-14-25-20-6-2-1-5-19(16)20/h1-2,5-10,14,21,25H,3-4,11-13,15H2,(H,26,30)(H,27,32). The van der Waals surface area contributed by atoms with E-state index >= 15 is 0 Å². The Hall–Kier alpha value is -3.70. The minimum atomic E-state index is -3.55. The van der Waals surface area contributed by atoms with Gasteiger partial charge in [0.15, 0.2) is 0 Å². The van der Waals surface area contributed by atoms with Crippen LogP contribution in [0, 0.1) is 0 Å². The number of H-pyrrole nitrogens is 1. The molecule has 2 aromatic carbocycles. The van der Waals surface area contributed by atoms with Gasteiger partial charge in [-0.15, -0.1) is 0 Å². The monoisotopic (exact) mass is 495 g/mol. The second kappa shape index (κ2) is 9.16. The van der Waals surface area contributed by atoms with Crippen LogP contribution >= 0.6 is 0 Å². The predicted molar refractivity (Wildman–Crippen MR) is 129 cm³/mol. The smallest absolute Gasteiger partial charge is 0.325 e. The molecule has 182 valence electrons. The first-order valence-corrected chi connectivity index (χ1v) is 12.8. The molecule has 3 heterocycles. The maximum absolute atomic E-state index is 12.8. The Bertz CT molecular complexity index is 1390. The topological polar surface area (TPSA) is 132 Å². The maximum Gasteiger partial charge on any atom is 0.325 e. The van der Waals surface area contributed by atoms with Gasteiger partial charge in [0.2, 0.25) is 15.9 Å². The summed E-state index contributed by atoms with van der Waals surface area (Å²) < 4.78 is 26.7. The first-order valence-electron chi connectivity index (χ1n) is 11.4. The van der Waals surface area contributed by atoms with E-state index < -0.39 is 40.5 Å². The zero-order valence-corrected chi connectivity index (χ0v) is 19.7. The second-order valence-electron chi connectivity index (χ2n) is 8.67. The zero-order chi connectivity index (χ0) is 24.6. The largest absolute Gasteiger partial charge is 0.361 e. The minimum absolute atomic E-state index is 0.159. The number of imide groups is 1. The molecule has 3 N–H and O–H groups in total. The molecule has 2 saturated heterocycles. The van der Waals surface area contributed by atoms with Gasteiger partial charge in [-0.05, 0) is 48.7 Å². The molecule has 10 nitrogen and oxygen atoms in total. The summed E-state index contributed by atoms with van der Waals surface area (Å²) in [6.07, 6.45) is 3.81. The van der Waals surface area contributed by atoms with Crippen LogP contribution in [0.1, 0.15) is 18.4 Å². The van der Waals surface area contributed by atoms with E-state index in [4.69, 9.17) is 0 Å². The number of anilines is 1. The van der Waals surface area contributed by atoms with E-state index in [1.54, 1.807) is 0 Å². The summed E-state index contributed by atoms with van der Waals surface area (Å²) in [4.78, 5) is 41.9. The van der Waals surface area contributed by atoms with Gasteiger partial charge in [-0.25, -0.2) is 13.2 Å². The lowest BCUT2D eigenvalue weighted by atomic mass is 10.1. The third-order valence-corrected chi connectivity index (χ3v) is 8.26. The molecule has 35 heavy (non-hydrogen) atoms. The Morgan fingerprint density at radius 1 is 1.03 bits per heavy atom. The second-order valence-corrected chi connectivity index (χ2v) is 10.6. The number of aromatic amines is 1. The minimum Gasteiger partial charge on any atom is -0.361 e. The molecule has 2 aliphatic heterocycles. The van der Waals surface area contributed by atoms with Crippen molar-refractivity contribution < 1.29 is 22.8 Å². The number of para-hydroxylation sites is 1. The highest BCUT2D eigenvalue weighted by Crippen LogP contribution is 2.23. The number of carbonyl (C=O) groups excluding carboxylic acids is 3. The van der Waals surface area contributed by atoms with Gasteiger partial charge >= 0.3 is 6.03 Å². The average molecular weight is 496 g/mol. The van der Waals surface area contributed by atoms with Gasteiger partial charge in [0.25, 0.3) is 5.91 Å². The maximum atomic E-state index is 12.8. The van der Waals surface area contributed by atoms with E-state index in [0.29, 0.717) is 25.2 Å². The number of nitrogens with zero attached hydrogens (tertiary/aromatic N) is 2. The van der Waals surface area contributed by atoms with Crippen LogP contribution < -0.4 is 10.6 Å². The van der Waals surface area contributed by atoms with E-state index in [9.17, 15) is 22.8 Å². The summed E-state index contributed by atoms with van der Waals surface area (Å²) in [5, 5.41) is 6.24. The number of amides is 4. The number of fused-ring (bicyclic) bond motifs is 1. The summed E-state index contributed by atoms with van der Waals surface area (Å²) >= 11 is 0. The van der Waals surface area contributed by atoms with Crippen molar-refractivity contribution in [3.05, 3.63) is 60.3 Å². The first kappa shape index (κ1) is 23.1. The van der Waals surface area contributed by atoms with Crippen molar-refractivity contribution in [2.24, 2.45) is 0 Å². The van der Waals surface area contributed by atoms with Crippen LogP contribution in [-0.2, 0) is 26.0 Å². The molecule has 5 rings (SSSR count). The summed E-state index contributed by atoms with van der Waals surface area (Å²) in [5.41, 5.74) is 2.21. The fourth-order valence-corrected chi connectivity index (χ4v) is 6.03. The lowest BCUT2D eigenvalue weighted by Crippen LogP contribution is -2.38. The van der Waals surface area contributed by atoms with Crippen LogP contribution in [0.15, 0.2) is 59.6 Å². The molecule has 3 aromatic rings. The van der Waals surface area contributed by atoms with Crippen molar-refractivity contribution in [1.82, 2.24) is 19.5 Å². The van der Waals surface area contributed by atoms with Gasteiger partial charge in [-0.3, -0.25) is 14.5 Å². The Morgan fingerprint density at radius 3 is 2.49 bits per heavy atom. The first-order chi connectivity index (χ1) is 16.8. The predicted octanol–water partition coefficient (Wildman–Crippen LogP) is 2.05. The van der Waals surface area contributed by atoms with E-state index in [2.05, 4.69) is 15.6 Å². The highest BCUT2D eigenvalue weighted by atomic mass is 32.2. The van der Waals surface area contributed by atoms with Crippen LogP contribution in [0.2, 0.25) is 0 Å². The van der Waals surface area contributed by atoms with Crippen LogP contribution in [0.5, 0.6) is 0 Å². The molecule has 2 fully saturated rings. The normalized spacial score (nSPS) is 18.9. The van der Waals surface area contributed by atoms with Gasteiger partial charge in [0.1, 0.15) is 12.6 Å². The van der Waals surface area contributed by atoms with Crippen molar-refractivity contribution in [3.63, 3.8) is 0 Å². The van der Waals surface area contributed by atoms with E-state index in [1.165, 1.54) is 28.6 Å². The summed E-state index contributed by atoms with van der Waals surface area (Å²) in [7, 11) is -3.55. The quantitative estimate of drug-likeness (QED) is 0.432. The van der Waals surface area contributed by atoms with Gasteiger partial charge < -0.3 is 15.6 Å². The van der Waals surface area contributed by atoms with Crippen molar-refractivity contribution in [2.75, 3.05) is 25.0 Å². The molecule has 0 spiro atoms. The molecule has 11 heteroatoms. The molecule has 0 saturated carbocycles. The molecular weight excluding hydrogens is 470 g/mol. The molecule has 1 aromatic heterocycles. The number of urea groups is 1. The fourth-order valence-electron chi connectivity index (χ4n) is 4.52. The molecule has 1 atom stereocenters. The number of hydrogen-bond donors (Lipinski definition) is 3. The highest BCUT2D eigenvalue weighted by molar-refractivity contribution is 7.89. The molecule has 0 radical (unpaired) electrons. The number of sulfonamides is 1. The van der Waals surface area contributed by atoms with Crippen molar-refractivity contribution in [3.8, 4) is 0 Å². The van der Waals surface area contributed by atoms with E-state index in [-0.39, 0.29) is 4.90 Å². The van der Waals surface area contributed by atoms with E-state index in [0.717, 1.165) is 34.2 Å². The zero-order valence-electron chi connectivity index (χ0n) is 18.9. The molecule has 0 aliphatic carbocycles. The third kappa shape index (κ3) is 4.52. The molecule has 1 unspecified atom stereocenters. The van der Waals surface area contributed by atoms with Crippen molar-refractivity contribution >= 4 is 44.5 Å². The lowest BCUT2D eigenvalue weighted by Gasteiger charge is -2.16. The van der Waals surface area contributed by atoms with Gasteiger partial charge in [0, 0.05) is 42.3 Å². The Kier molecular flexibility index (Phi) is 6.03. The number of benzene rings is 2. The summed E-state index contributed by atoms with van der Waals surface area (Å²) in [6, 6.07) is 12.2. The van der Waals surface area contributed by atoms with Crippen LogP contribution in [-0.4, -0.2) is 66.1 Å². The van der Waals surface area contributed by atoms with Crippen LogP contribution in [0.25, 0.3) is 10.9 Å². The summed E-state index contributed by atoms with van der Waals surface area (Å²) in [5.74, 6) is -1.03. The number of rotatable bonds is 7. The molecule has 2 aliphatic rings. The van der Waals surface area contributed by atoms with Crippen LogP contribution in [0.4, 0.5) is 10.5 Å². The number of carbonyl (C=O) groups is 3. The van der Waals surface area contributed by atoms with Gasteiger partial charge in [-0.1, -0.05) is 18.2 Å². The van der Waals surface area contributed by atoms with E-state index in [1.807, 2.05) is 30.5 Å². The third-order valence-electron chi connectivity index (χ3n) is 6.35. The Labute approximate surface area is 202 Å². The highest BCUT2D eigenvalue weighted by Gasteiger charge is 2.39. The molecule has 0 bridgehead atoms. The van der Waals surface area contributed by atoms with Crippen molar-refractivity contribution in [2.45, 2.75) is 30.2 Å². The summed E-state index contributed by atoms with van der Waals surface area (Å²) in [6.45, 7) is 0.574. The SMILES string of the molecule is O=C(CN1C(=O)NC(Cc2c[nH]c3ccccc23)C1=O)Nc1ccc(S(=O)(=O)N2CCCC2)cc1. The number of aromatic nitrogens is 1. The number of hydrogen-bond acceptors (Lipinski definition) is 5. The Balaban J connectivity index is 1.20. The molecular formula is C24H25N5O5S. The number of nitrogens with one attached hydrogen (secondary N) is 3. The lowest BCUT2D eigenvalue weighted by molar-refractivity contribution is -0.130. The fraction of sp³-hybridized carbons (Fsp3) is 0.292. The van der Waals surface area contributed by atoms with Crippen LogP contribution in [0.3, 0.4) is 0 Å². The van der Waals surface area contributed by atoms with Gasteiger partial charge in [0.05, 0.1) is 4.90 Å². The van der Waals surface area contributed by atoms with Crippen molar-refractivity contribution in [1.29, 1.82) is 0 Å².